The van der Waals surface area contributed by atoms with Crippen molar-refractivity contribution in [2.45, 2.75) is 26.4 Å². The molecule has 1 aromatic heterocycles. The molecule has 21 heavy (non-hydrogen) atoms. The molecular weight excluding hydrogens is 262 g/mol. The summed E-state index contributed by atoms with van der Waals surface area (Å²) in [5.74, 6) is 0.829. The van der Waals surface area contributed by atoms with Gasteiger partial charge in [-0.1, -0.05) is 37.3 Å². The summed E-state index contributed by atoms with van der Waals surface area (Å²) < 4.78 is 5.61. The number of hydrogen-bond donors (Lipinski definition) is 0. The quantitative estimate of drug-likeness (QED) is 0.863. The molecule has 0 unspecified atom stereocenters. The minimum absolute atomic E-state index is 0.438. The van der Waals surface area contributed by atoms with Crippen molar-refractivity contribution < 1.29 is 4.74 Å². The molecular formula is C17H21N3O. The first-order chi connectivity index (χ1) is 10.3. The van der Waals surface area contributed by atoms with Crippen LogP contribution in [0.15, 0.2) is 42.7 Å². The summed E-state index contributed by atoms with van der Waals surface area (Å²) in [4.78, 5) is 11.0. The first-order valence-electron chi connectivity index (χ1n) is 7.55. The third-order valence-corrected chi connectivity index (χ3v) is 3.97. The molecule has 0 aliphatic carbocycles. The van der Waals surface area contributed by atoms with Gasteiger partial charge in [0.1, 0.15) is 6.61 Å². The number of hydrogen-bond acceptors (Lipinski definition) is 4. The fourth-order valence-corrected chi connectivity index (χ4v) is 2.54. The van der Waals surface area contributed by atoms with E-state index in [0.29, 0.717) is 12.6 Å². The van der Waals surface area contributed by atoms with Crippen LogP contribution in [0.1, 0.15) is 25.3 Å². The van der Waals surface area contributed by atoms with Crippen molar-refractivity contribution in [2.75, 3.05) is 18.0 Å². The fraction of sp³-hybridized carbons (Fsp3) is 0.412. The van der Waals surface area contributed by atoms with E-state index in [1.165, 1.54) is 12.8 Å². The molecule has 0 bridgehead atoms. The maximum absolute atomic E-state index is 5.61. The van der Waals surface area contributed by atoms with Gasteiger partial charge >= 0.3 is 6.01 Å². The predicted octanol–water partition coefficient (Wildman–Crippen LogP) is 3.29. The molecule has 0 saturated carbocycles. The van der Waals surface area contributed by atoms with Gasteiger partial charge < -0.3 is 9.64 Å². The fourth-order valence-electron chi connectivity index (χ4n) is 2.54. The lowest BCUT2D eigenvalue weighted by molar-refractivity contribution is 0.280. The summed E-state index contributed by atoms with van der Waals surface area (Å²) in [7, 11) is 0. The minimum atomic E-state index is 0.438. The normalized spacial score (nSPS) is 16.0. The Hall–Kier alpha value is -2.10. The smallest absolute Gasteiger partial charge is 0.316 e. The maximum Gasteiger partial charge on any atom is 0.316 e. The molecule has 2 aromatic rings. The number of anilines is 1. The topological polar surface area (TPSA) is 38.2 Å². The SMILES string of the molecule is CC1CCN(c2cnc(OCc3ccccc3)nc2)CC1. The second-order valence-corrected chi connectivity index (χ2v) is 5.67. The molecule has 1 aliphatic heterocycles. The number of piperidine rings is 1. The first kappa shape index (κ1) is 13.9. The molecule has 4 nitrogen and oxygen atoms in total. The zero-order valence-electron chi connectivity index (χ0n) is 12.4. The van der Waals surface area contributed by atoms with Gasteiger partial charge in [-0.15, -0.1) is 0 Å². The summed E-state index contributed by atoms with van der Waals surface area (Å²) >= 11 is 0. The molecule has 1 aliphatic rings. The summed E-state index contributed by atoms with van der Waals surface area (Å²) in [5.41, 5.74) is 2.21. The lowest BCUT2D eigenvalue weighted by atomic mass is 9.99. The monoisotopic (exact) mass is 283 g/mol. The molecule has 1 saturated heterocycles. The average Bonchev–Trinajstić information content (AvgIpc) is 2.55. The van der Waals surface area contributed by atoms with E-state index in [9.17, 15) is 0 Å². The Labute approximate surface area is 125 Å². The van der Waals surface area contributed by atoms with Gasteiger partial charge in [-0.25, -0.2) is 9.97 Å². The zero-order valence-corrected chi connectivity index (χ0v) is 12.4. The lowest BCUT2D eigenvalue weighted by Gasteiger charge is -2.31. The van der Waals surface area contributed by atoms with Gasteiger partial charge in [0.15, 0.2) is 0 Å². The van der Waals surface area contributed by atoms with Crippen molar-refractivity contribution in [1.29, 1.82) is 0 Å². The van der Waals surface area contributed by atoms with Crippen LogP contribution in [-0.4, -0.2) is 23.1 Å². The number of nitrogens with zero attached hydrogens (tertiary/aromatic N) is 3. The summed E-state index contributed by atoms with van der Waals surface area (Å²) in [6.07, 6.45) is 6.21. The van der Waals surface area contributed by atoms with Gasteiger partial charge in [-0.3, -0.25) is 0 Å². The minimum Gasteiger partial charge on any atom is -0.459 e. The number of ether oxygens (including phenoxy) is 1. The highest BCUT2D eigenvalue weighted by Gasteiger charge is 2.16. The maximum atomic E-state index is 5.61. The van der Waals surface area contributed by atoms with Gasteiger partial charge in [0.25, 0.3) is 0 Å². The average molecular weight is 283 g/mol. The van der Waals surface area contributed by atoms with Crippen LogP contribution in [0.3, 0.4) is 0 Å². The molecule has 3 rings (SSSR count). The second kappa shape index (κ2) is 6.57. The Morgan fingerprint density at radius 2 is 1.76 bits per heavy atom. The van der Waals surface area contributed by atoms with E-state index in [2.05, 4.69) is 21.8 Å². The van der Waals surface area contributed by atoms with Crippen molar-refractivity contribution in [3.8, 4) is 6.01 Å². The van der Waals surface area contributed by atoms with E-state index in [1.807, 2.05) is 42.7 Å². The van der Waals surface area contributed by atoms with E-state index < -0.39 is 0 Å². The summed E-state index contributed by atoms with van der Waals surface area (Å²) in [6.45, 7) is 5.00. The van der Waals surface area contributed by atoms with E-state index in [-0.39, 0.29) is 0 Å². The van der Waals surface area contributed by atoms with Gasteiger partial charge in [0, 0.05) is 13.1 Å². The van der Waals surface area contributed by atoms with Crippen LogP contribution in [0.5, 0.6) is 6.01 Å². The van der Waals surface area contributed by atoms with Crippen molar-refractivity contribution in [3.63, 3.8) is 0 Å². The van der Waals surface area contributed by atoms with E-state index in [4.69, 9.17) is 4.74 Å². The zero-order chi connectivity index (χ0) is 14.5. The Kier molecular flexibility index (Phi) is 4.34. The predicted molar refractivity (Wildman–Crippen MR) is 83.4 cm³/mol. The standard InChI is InChI=1S/C17H21N3O/c1-14-7-9-20(10-8-14)16-11-18-17(19-12-16)21-13-15-5-3-2-4-6-15/h2-6,11-12,14H,7-10,13H2,1H3. The van der Waals surface area contributed by atoms with Gasteiger partial charge in [0.05, 0.1) is 18.1 Å². The second-order valence-electron chi connectivity index (χ2n) is 5.67. The highest BCUT2D eigenvalue weighted by molar-refractivity contribution is 5.42. The van der Waals surface area contributed by atoms with Crippen LogP contribution in [0.25, 0.3) is 0 Å². The molecule has 110 valence electrons. The van der Waals surface area contributed by atoms with Crippen LogP contribution >= 0.6 is 0 Å². The van der Waals surface area contributed by atoms with E-state index in [1.54, 1.807) is 0 Å². The third-order valence-electron chi connectivity index (χ3n) is 3.97. The van der Waals surface area contributed by atoms with E-state index in [0.717, 1.165) is 30.3 Å². The van der Waals surface area contributed by atoms with Crippen LogP contribution in [0, 0.1) is 5.92 Å². The molecule has 0 amide bonds. The molecule has 0 N–H and O–H groups in total. The van der Waals surface area contributed by atoms with E-state index >= 15 is 0 Å². The Morgan fingerprint density at radius 3 is 2.43 bits per heavy atom. The van der Waals surface area contributed by atoms with Crippen LogP contribution in [0.4, 0.5) is 5.69 Å². The summed E-state index contributed by atoms with van der Waals surface area (Å²) in [6, 6.07) is 10.5. The molecule has 4 heteroatoms. The molecule has 1 aromatic carbocycles. The first-order valence-corrected chi connectivity index (χ1v) is 7.55. The van der Waals surface area contributed by atoms with Gasteiger partial charge in [-0.05, 0) is 24.3 Å². The molecule has 0 spiro atoms. The van der Waals surface area contributed by atoms with Crippen LogP contribution in [0.2, 0.25) is 0 Å². The Morgan fingerprint density at radius 1 is 1.10 bits per heavy atom. The van der Waals surface area contributed by atoms with Crippen LogP contribution in [-0.2, 0) is 6.61 Å². The van der Waals surface area contributed by atoms with Crippen molar-refractivity contribution >= 4 is 5.69 Å². The van der Waals surface area contributed by atoms with Gasteiger partial charge in [-0.2, -0.15) is 0 Å². The molecule has 2 heterocycles. The Bertz CT molecular complexity index is 548. The van der Waals surface area contributed by atoms with Crippen molar-refractivity contribution in [1.82, 2.24) is 9.97 Å². The molecule has 1 fully saturated rings. The molecule has 0 atom stereocenters. The highest BCUT2D eigenvalue weighted by atomic mass is 16.5. The lowest BCUT2D eigenvalue weighted by Crippen LogP contribution is -2.32. The third kappa shape index (κ3) is 3.72. The largest absolute Gasteiger partial charge is 0.459 e. The van der Waals surface area contributed by atoms with Gasteiger partial charge in [0.2, 0.25) is 0 Å². The molecule has 0 radical (unpaired) electrons. The Balaban J connectivity index is 1.57. The van der Waals surface area contributed by atoms with Crippen molar-refractivity contribution in [3.05, 3.63) is 48.3 Å². The van der Waals surface area contributed by atoms with Crippen LogP contribution < -0.4 is 9.64 Å². The van der Waals surface area contributed by atoms with Crippen molar-refractivity contribution in [2.24, 2.45) is 5.92 Å². The number of benzene rings is 1. The highest BCUT2D eigenvalue weighted by Crippen LogP contribution is 2.22. The number of aromatic nitrogens is 2. The summed E-state index contributed by atoms with van der Waals surface area (Å²) in [5, 5.41) is 0. The number of rotatable bonds is 4.